The molecule has 1 aromatic carbocycles. The Morgan fingerprint density at radius 2 is 1.94 bits per heavy atom. The first-order valence-corrected chi connectivity index (χ1v) is 5.74. The Bertz CT molecular complexity index is 319. The second-order valence-electron chi connectivity index (χ2n) is 3.55. The van der Waals surface area contributed by atoms with Crippen LogP contribution in [0.15, 0.2) is 24.3 Å². The van der Waals surface area contributed by atoms with E-state index in [9.17, 15) is 4.79 Å². The lowest BCUT2D eigenvalue weighted by molar-refractivity contribution is -0.120. The van der Waals surface area contributed by atoms with E-state index in [0.717, 1.165) is 12.2 Å². The molecule has 0 unspecified atom stereocenters. The molecule has 0 radical (unpaired) electrons. The van der Waals surface area contributed by atoms with Gasteiger partial charge in [-0.15, -0.1) is 0 Å². The Labute approximate surface area is 96.8 Å². The summed E-state index contributed by atoms with van der Waals surface area (Å²) in [5.41, 5.74) is 1.30. The molecule has 1 N–H and O–H groups in total. The molecule has 0 aliphatic rings. The Morgan fingerprint density at radius 3 is 2.50 bits per heavy atom. The zero-order valence-corrected chi connectivity index (χ0v) is 9.95. The highest BCUT2D eigenvalue weighted by molar-refractivity contribution is 5.75. The summed E-state index contributed by atoms with van der Waals surface area (Å²) in [6.07, 6.45) is 1.55. The molecule has 0 saturated carbocycles. The molecule has 0 aromatic heterocycles. The van der Waals surface area contributed by atoms with Crippen molar-refractivity contribution in [2.24, 2.45) is 0 Å². The van der Waals surface area contributed by atoms with Crippen LogP contribution in [0.25, 0.3) is 0 Å². The number of nitrogens with one attached hydrogen (secondary N) is 1. The number of hydrogen-bond acceptors (Lipinski definition) is 2. The van der Waals surface area contributed by atoms with Crippen molar-refractivity contribution in [1.29, 1.82) is 0 Å². The molecule has 1 aromatic rings. The first kappa shape index (κ1) is 12.6. The zero-order valence-electron chi connectivity index (χ0n) is 9.95. The van der Waals surface area contributed by atoms with Gasteiger partial charge < -0.3 is 10.1 Å². The van der Waals surface area contributed by atoms with Gasteiger partial charge in [-0.25, -0.2) is 0 Å². The summed E-state index contributed by atoms with van der Waals surface area (Å²) in [6, 6.07) is 8.03. The average molecular weight is 221 g/mol. The molecule has 0 atom stereocenters. The number of hydrogen-bond donors (Lipinski definition) is 1. The first-order valence-electron chi connectivity index (χ1n) is 5.74. The molecule has 0 saturated heterocycles. The molecule has 1 amide bonds. The first-order chi connectivity index (χ1) is 7.76. The number of rotatable bonds is 6. The van der Waals surface area contributed by atoms with Gasteiger partial charge in [-0.1, -0.05) is 26.0 Å². The number of ether oxygens (including phenoxy) is 1. The lowest BCUT2D eigenvalue weighted by Gasteiger charge is -2.07. The maximum atomic E-state index is 10.9. The molecule has 0 aliphatic carbocycles. The Hall–Kier alpha value is -1.51. The fourth-order valence-electron chi connectivity index (χ4n) is 1.31. The van der Waals surface area contributed by atoms with E-state index in [1.165, 1.54) is 5.56 Å². The maximum absolute atomic E-state index is 10.9. The minimum atomic E-state index is 0.0601. The summed E-state index contributed by atoms with van der Waals surface area (Å²) in [6.45, 7) is 5.02. The summed E-state index contributed by atoms with van der Waals surface area (Å²) < 4.78 is 5.49. The van der Waals surface area contributed by atoms with Crippen LogP contribution < -0.4 is 10.1 Å². The quantitative estimate of drug-likeness (QED) is 0.747. The van der Waals surface area contributed by atoms with Crippen LogP contribution in [0, 0.1) is 0 Å². The Morgan fingerprint density at radius 1 is 1.25 bits per heavy atom. The van der Waals surface area contributed by atoms with Gasteiger partial charge in [-0.3, -0.25) is 4.79 Å². The largest absolute Gasteiger partial charge is 0.492 e. The third-order valence-corrected chi connectivity index (χ3v) is 2.35. The molecule has 16 heavy (non-hydrogen) atoms. The average Bonchev–Trinajstić information content (AvgIpc) is 2.35. The van der Waals surface area contributed by atoms with Crippen LogP contribution in [-0.2, 0) is 11.2 Å². The lowest BCUT2D eigenvalue weighted by atomic mass is 10.2. The van der Waals surface area contributed by atoms with E-state index in [4.69, 9.17) is 4.74 Å². The number of carbonyl (C=O) groups is 1. The topological polar surface area (TPSA) is 38.3 Å². The van der Waals surface area contributed by atoms with Crippen molar-refractivity contribution >= 4 is 5.91 Å². The van der Waals surface area contributed by atoms with Crippen LogP contribution in [0.4, 0.5) is 0 Å². The van der Waals surface area contributed by atoms with Gasteiger partial charge in [0, 0.05) is 6.42 Å². The molecule has 0 fully saturated rings. The molecule has 0 bridgehead atoms. The van der Waals surface area contributed by atoms with Gasteiger partial charge in [0.05, 0.1) is 6.54 Å². The smallest absolute Gasteiger partial charge is 0.219 e. The predicted octanol–water partition coefficient (Wildman–Crippen LogP) is 2.15. The molecule has 0 heterocycles. The van der Waals surface area contributed by atoms with Crippen LogP contribution in [0.3, 0.4) is 0 Å². The van der Waals surface area contributed by atoms with E-state index in [2.05, 4.69) is 24.4 Å². The molecular formula is C13H19NO2. The third kappa shape index (κ3) is 4.34. The summed E-state index contributed by atoms with van der Waals surface area (Å²) in [5, 5.41) is 2.76. The molecule has 1 rings (SSSR count). The van der Waals surface area contributed by atoms with Crippen LogP contribution >= 0.6 is 0 Å². The normalized spacial score (nSPS) is 9.88. The second kappa shape index (κ2) is 6.88. The van der Waals surface area contributed by atoms with E-state index in [1.807, 2.05) is 19.1 Å². The molecule has 3 heteroatoms. The fraction of sp³-hybridized carbons (Fsp3) is 0.462. The van der Waals surface area contributed by atoms with Gasteiger partial charge >= 0.3 is 0 Å². The fourth-order valence-corrected chi connectivity index (χ4v) is 1.31. The zero-order chi connectivity index (χ0) is 11.8. The van der Waals surface area contributed by atoms with Gasteiger partial charge in [0.2, 0.25) is 5.91 Å². The van der Waals surface area contributed by atoms with Crippen LogP contribution in [-0.4, -0.2) is 19.1 Å². The van der Waals surface area contributed by atoms with Crippen molar-refractivity contribution in [2.75, 3.05) is 13.2 Å². The number of carbonyl (C=O) groups excluding carboxylic acids is 1. The third-order valence-electron chi connectivity index (χ3n) is 2.35. The van der Waals surface area contributed by atoms with Gasteiger partial charge in [0.1, 0.15) is 12.4 Å². The van der Waals surface area contributed by atoms with Gasteiger partial charge in [-0.2, -0.15) is 0 Å². The van der Waals surface area contributed by atoms with E-state index in [1.54, 1.807) is 0 Å². The molecule has 3 nitrogen and oxygen atoms in total. The van der Waals surface area contributed by atoms with Gasteiger partial charge in [0.25, 0.3) is 0 Å². The van der Waals surface area contributed by atoms with Crippen molar-refractivity contribution in [2.45, 2.75) is 26.7 Å². The minimum Gasteiger partial charge on any atom is -0.492 e. The van der Waals surface area contributed by atoms with Crippen molar-refractivity contribution in [3.05, 3.63) is 29.8 Å². The standard InChI is InChI=1S/C13H19NO2/c1-3-11-5-7-12(8-6-11)16-10-9-14-13(15)4-2/h5-8H,3-4,9-10H2,1-2H3,(H,14,15). The summed E-state index contributed by atoms with van der Waals surface area (Å²) in [4.78, 5) is 10.9. The van der Waals surface area contributed by atoms with Crippen LogP contribution in [0.5, 0.6) is 5.75 Å². The molecule has 88 valence electrons. The van der Waals surface area contributed by atoms with Crippen LogP contribution in [0.2, 0.25) is 0 Å². The molecule has 0 aliphatic heterocycles. The van der Waals surface area contributed by atoms with Crippen LogP contribution in [0.1, 0.15) is 25.8 Å². The monoisotopic (exact) mass is 221 g/mol. The summed E-state index contributed by atoms with van der Waals surface area (Å²) in [7, 11) is 0. The highest BCUT2D eigenvalue weighted by Crippen LogP contribution is 2.11. The second-order valence-corrected chi connectivity index (χ2v) is 3.55. The van der Waals surface area contributed by atoms with Crippen molar-refractivity contribution in [3.8, 4) is 5.75 Å². The van der Waals surface area contributed by atoms with E-state index >= 15 is 0 Å². The number of aryl methyl sites for hydroxylation is 1. The molecular weight excluding hydrogens is 202 g/mol. The molecule has 0 spiro atoms. The van der Waals surface area contributed by atoms with Gasteiger partial charge in [-0.05, 0) is 24.1 Å². The highest BCUT2D eigenvalue weighted by atomic mass is 16.5. The Kier molecular flexibility index (Phi) is 5.40. The van der Waals surface area contributed by atoms with E-state index < -0.39 is 0 Å². The SMILES string of the molecule is CCC(=O)NCCOc1ccc(CC)cc1. The van der Waals surface area contributed by atoms with E-state index in [-0.39, 0.29) is 5.91 Å². The van der Waals surface area contributed by atoms with Crippen molar-refractivity contribution < 1.29 is 9.53 Å². The Balaban J connectivity index is 2.24. The van der Waals surface area contributed by atoms with Gasteiger partial charge in [0.15, 0.2) is 0 Å². The predicted molar refractivity (Wildman–Crippen MR) is 64.6 cm³/mol. The maximum Gasteiger partial charge on any atom is 0.219 e. The highest BCUT2D eigenvalue weighted by Gasteiger charge is 1.96. The summed E-state index contributed by atoms with van der Waals surface area (Å²) in [5.74, 6) is 0.910. The van der Waals surface area contributed by atoms with E-state index in [0.29, 0.717) is 19.6 Å². The minimum absolute atomic E-state index is 0.0601. The van der Waals surface area contributed by atoms with Crippen molar-refractivity contribution in [3.63, 3.8) is 0 Å². The van der Waals surface area contributed by atoms with Crippen molar-refractivity contribution in [1.82, 2.24) is 5.32 Å². The lowest BCUT2D eigenvalue weighted by Crippen LogP contribution is -2.27. The number of amides is 1. The summed E-state index contributed by atoms with van der Waals surface area (Å²) >= 11 is 0. The number of benzene rings is 1.